The Morgan fingerprint density at radius 1 is 1.35 bits per heavy atom. The van der Waals surface area contributed by atoms with Crippen LogP contribution in [-0.4, -0.2) is 22.8 Å². The Labute approximate surface area is 121 Å². The molecule has 1 heterocycles. The van der Waals surface area contributed by atoms with Crippen molar-refractivity contribution < 1.29 is 9.26 Å². The second-order valence-electron chi connectivity index (χ2n) is 6.08. The van der Waals surface area contributed by atoms with Crippen molar-refractivity contribution in [1.82, 2.24) is 10.1 Å². The van der Waals surface area contributed by atoms with Gasteiger partial charge in [0.2, 0.25) is 11.7 Å². The molecular formula is C15H27N3O2. The van der Waals surface area contributed by atoms with E-state index in [2.05, 4.69) is 24.0 Å². The molecule has 2 unspecified atom stereocenters. The van der Waals surface area contributed by atoms with E-state index in [0.717, 1.165) is 0 Å². The maximum Gasteiger partial charge on any atom is 0.228 e. The first-order valence-corrected chi connectivity index (χ1v) is 7.81. The predicted molar refractivity (Wildman–Crippen MR) is 77.1 cm³/mol. The highest BCUT2D eigenvalue weighted by Gasteiger charge is 2.26. The van der Waals surface area contributed by atoms with Gasteiger partial charge in [0, 0.05) is 19.1 Å². The molecule has 1 fully saturated rings. The van der Waals surface area contributed by atoms with Crippen molar-refractivity contribution in [1.29, 1.82) is 0 Å². The monoisotopic (exact) mass is 281 g/mol. The van der Waals surface area contributed by atoms with Crippen LogP contribution in [0.5, 0.6) is 0 Å². The Balaban J connectivity index is 1.96. The summed E-state index contributed by atoms with van der Waals surface area (Å²) < 4.78 is 11.0. The van der Waals surface area contributed by atoms with Crippen LogP contribution in [0.15, 0.2) is 4.52 Å². The Bertz CT molecular complexity index is 400. The molecule has 5 nitrogen and oxygen atoms in total. The van der Waals surface area contributed by atoms with E-state index in [1.165, 1.54) is 25.7 Å². The van der Waals surface area contributed by atoms with Crippen LogP contribution in [0, 0.1) is 11.8 Å². The lowest BCUT2D eigenvalue weighted by molar-refractivity contribution is 0.0217. The zero-order valence-electron chi connectivity index (χ0n) is 12.8. The van der Waals surface area contributed by atoms with Gasteiger partial charge in [-0.3, -0.25) is 0 Å². The lowest BCUT2D eigenvalue weighted by Crippen LogP contribution is -2.30. The lowest BCUT2D eigenvalue weighted by Gasteiger charge is -2.17. The lowest BCUT2D eigenvalue weighted by atomic mass is 9.96. The van der Waals surface area contributed by atoms with Crippen molar-refractivity contribution in [2.75, 3.05) is 6.61 Å². The maximum absolute atomic E-state index is 6.26. The topological polar surface area (TPSA) is 74.2 Å². The number of nitrogens with two attached hydrogens (primary N) is 1. The molecule has 0 radical (unpaired) electrons. The van der Waals surface area contributed by atoms with Gasteiger partial charge in [-0.2, -0.15) is 4.98 Å². The molecule has 0 saturated heterocycles. The quantitative estimate of drug-likeness (QED) is 0.831. The number of hydrogen-bond acceptors (Lipinski definition) is 5. The predicted octanol–water partition coefficient (Wildman–Crippen LogP) is 2.86. The van der Waals surface area contributed by atoms with Crippen LogP contribution >= 0.6 is 0 Å². The first-order valence-electron chi connectivity index (χ1n) is 7.81. The Morgan fingerprint density at radius 3 is 2.65 bits per heavy atom. The van der Waals surface area contributed by atoms with E-state index in [0.29, 0.717) is 36.6 Å². The highest BCUT2D eigenvalue weighted by Crippen LogP contribution is 2.28. The van der Waals surface area contributed by atoms with Gasteiger partial charge in [0.25, 0.3) is 0 Å². The van der Waals surface area contributed by atoms with E-state index < -0.39 is 0 Å². The van der Waals surface area contributed by atoms with Crippen molar-refractivity contribution in [3.8, 4) is 0 Å². The Hall–Kier alpha value is -0.940. The minimum atomic E-state index is -0.0970. The third-order valence-electron chi connectivity index (χ3n) is 4.11. The SMILES string of the molecule is CCOC(c1noc(CC(N)C2CCCC2)n1)C(C)C. The van der Waals surface area contributed by atoms with Crippen molar-refractivity contribution in [3.05, 3.63) is 11.7 Å². The number of aromatic nitrogens is 2. The minimum absolute atomic E-state index is 0.0970. The van der Waals surface area contributed by atoms with Gasteiger partial charge in [0.15, 0.2) is 0 Å². The molecule has 2 rings (SSSR count). The molecule has 2 N–H and O–H groups in total. The smallest absolute Gasteiger partial charge is 0.228 e. The molecule has 0 amide bonds. The fourth-order valence-corrected chi connectivity index (χ4v) is 2.97. The fourth-order valence-electron chi connectivity index (χ4n) is 2.97. The molecule has 114 valence electrons. The van der Waals surface area contributed by atoms with Crippen LogP contribution in [0.25, 0.3) is 0 Å². The van der Waals surface area contributed by atoms with Crippen LogP contribution in [-0.2, 0) is 11.2 Å². The molecule has 20 heavy (non-hydrogen) atoms. The van der Waals surface area contributed by atoms with E-state index in [-0.39, 0.29) is 12.1 Å². The van der Waals surface area contributed by atoms with E-state index in [1.807, 2.05) is 6.92 Å². The fraction of sp³-hybridized carbons (Fsp3) is 0.867. The molecule has 0 spiro atoms. The summed E-state index contributed by atoms with van der Waals surface area (Å²) in [6.45, 7) is 6.82. The average Bonchev–Trinajstić information content (AvgIpc) is 3.06. The summed E-state index contributed by atoms with van der Waals surface area (Å²) in [7, 11) is 0. The molecule has 2 atom stereocenters. The van der Waals surface area contributed by atoms with Gasteiger partial charge in [-0.05, 0) is 31.6 Å². The molecule has 0 aliphatic heterocycles. The maximum atomic E-state index is 6.26. The van der Waals surface area contributed by atoms with Gasteiger partial charge < -0.3 is 15.0 Å². The summed E-state index contributed by atoms with van der Waals surface area (Å²) in [6.07, 6.45) is 5.64. The summed E-state index contributed by atoms with van der Waals surface area (Å²) in [6, 6.07) is 0.135. The van der Waals surface area contributed by atoms with E-state index >= 15 is 0 Å². The summed E-state index contributed by atoms with van der Waals surface area (Å²) in [4.78, 5) is 4.48. The van der Waals surface area contributed by atoms with E-state index in [4.69, 9.17) is 15.0 Å². The van der Waals surface area contributed by atoms with Crippen LogP contribution in [0.3, 0.4) is 0 Å². The van der Waals surface area contributed by atoms with Crippen molar-refractivity contribution in [3.63, 3.8) is 0 Å². The normalized spacial score (nSPS) is 19.6. The molecule has 0 bridgehead atoms. The van der Waals surface area contributed by atoms with Crippen molar-refractivity contribution in [2.24, 2.45) is 17.6 Å². The zero-order valence-corrected chi connectivity index (χ0v) is 12.8. The molecule has 5 heteroatoms. The van der Waals surface area contributed by atoms with Gasteiger partial charge in [0.1, 0.15) is 6.10 Å². The van der Waals surface area contributed by atoms with Gasteiger partial charge in [-0.1, -0.05) is 31.8 Å². The van der Waals surface area contributed by atoms with Crippen LogP contribution in [0.4, 0.5) is 0 Å². The number of rotatable bonds is 7. The molecule has 1 aromatic rings. The standard InChI is InChI=1S/C15H27N3O2/c1-4-19-14(10(2)3)15-17-13(20-18-15)9-12(16)11-7-5-6-8-11/h10-12,14H,4-9,16H2,1-3H3. The summed E-state index contributed by atoms with van der Waals surface area (Å²) in [5.41, 5.74) is 6.26. The number of nitrogens with zero attached hydrogens (tertiary/aromatic N) is 2. The third-order valence-corrected chi connectivity index (χ3v) is 4.11. The highest BCUT2D eigenvalue weighted by molar-refractivity contribution is 4.95. The highest BCUT2D eigenvalue weighted by atomic mass is 16.5. The van der Waals surface area contributed by atoms with Crippen LogP contribution in [0.1, 0.15) is 64.3 Å². The Morgan fingerprint density at radius 2 is 2.05 bits per heavy atom. The summed E-state index contributed by atoms with van der Waals surface area (Å²) in [5, 5.41) is 4.07. The second kappa shape index (κ2) is 7.18. The summed E-state index contributed by atoms with van der Waals surface area (Å²) in [5.74, 6) is 2.22. The van der Waals surface area contributed by atoms with Gasteiger partial charge >= 0.3 is 0 Å². The van der Waals surface area contributed by atoms with E-state index in [1.54, 1.807) is 0 Å². The van der Waals surface area contributed by atoms with E-state index in [9.17, 15) is 0 Å². The molecule has 0 aromatic carbocycles. The van der Waals surface area contributed by atoms with Crippen LogP contribution in [0.2, 0.25) is 0 Å². The summed E-state index contributed by atoms with van der Waals surface area (Å²) >= 11 is 0. The second-order valence-corrected chi connectivity index (χ2v) is 6.08. The number of hydrogen-bond donors (Lipinski definition) is 1. The molecule has 1 aliphatic carbocycles. The molecule has 1 aliphatic rings. The largest absolute Gasteiger partial charge is 0.370 e. The average molecular weight is 281 g/mol. The minimum Gasteiger partial charge on any atom is -0.370 e. The van der Waals surface area contributed by atoms with Gasteiger partial charge in [-0.15, -0.1) is 0 Å². The third kappa shape index (κ3) is 3.79. The molecule has 1 aromatic heterocycles. The van der Waals surface area contributed by atoms with Gasteiger partial charge in [0.05, 0.1) is 0 Å². The van der Waals surface area contributed by atoms with Crippen LogP contribution < -0.4 is 5.73 Å². The Kier molecular flexibility index (Phi) is 5.54. The molecule has 1 saturated carbocycles. The first kappa shape index (κ1) is 15.4. The van der Waals surface area contributed by atoms with Crippen molar-refractivity contribution in [2.45, 2.75) is 65.0 Å². The van der Waals surface area contributed by atoms with Gasteiger partial charge in [-0.25, -0.2) is 0 Å². The first-order chi connectivity index (χ1) is 9.61. The number of ether oxygens (including phenoxy) is 1. The van der Waals surface area contributed by atoms with Crippen molar-refractivity contribution >= 4 is 0 Å². The molecular weight excluding hydrogens is 254 g/mol. The zero-order chi connectivity index (χ0) is 14.5.